The summed E-state index contributed by atoms with van der Waals surface area (Å²) in [6.45, 7) is 0. The topological polar surface area (TPSA) is 29.5 Å². The van der Waals surface area contributed by atoms with E-state index in [1.165, 1.54) is 17.0 Å². The average molecular weight is 321 g/mol. The smallest absolute Gasteiger partial charge is 0.265 e. The van der Waals surface area contributed by atoms with E-state index in [0.717, 1.165) is 0 Å². The molecule has 0 aliphatic rings. The Morgan fingerprint density at radius 2 is 1.42 bits per heavy atom. The summed E-state index contributed by atoms with van der Waals surface area (Å²) in [5.74, 6) is -0.286. The standard InChI is InChI=1S/C20H16FNO2/c1-24-17-13-11-16(12-14-17)22(15-7-3-2-4-8-15)20(23)18-9-5-6-10-19(18)21/h2-14H,1H3. The first-order chi connectivity index (χ1) is 11.7. The van der Waals surface area contributed by atoms with E-state index < -0.39 is 11.7 Å². The number of ether oxygens (including phenoxy) is 1. The van der Waals surface area contributed by atoms with Gasteiger partial charge in [-0.2, -0.15) is 0 Å². The van der Waals surface area contributed by atoms with Gasteiger partial charge >= 0.3 is 0 Å². The highest BCUT2D eigenvalue weighted by molar-refractivity contribution is 6.11. The summed E-state index contributed by atoms with van der Waals surface area (Å²) in [5, 5.41) is 0. The van der Waals surface area contributed by atoms with E-state index in [4.69, 9.17) is 4.74 Å². The summed E-state index contributed by atoms with van der Waals surface area (Å²) < 4.78 is 19.2. The molecule has 3 nitrogen and oxygen atoms in total. The molecule has 0 spiro atoms. The number of para-hydroxylation sites is 1. The highest BCUT2D eigenvalue weighted by Crippen LogP contribution is 2.29. The second kappa shape index (κ2) is 6.96. The SMILES string of the molecule is COc1ccc(N(C(=O)c2ccccc2F)c2ccccc2)cc1. The van der Waals surface area contributed by atoms with E-state index in [9.17, 15) is 9.18 Å². The highest BCUT2D eigenvalue weighted by atomic mass is 19.1. The fourth-order valence-electron chi connectivity index (χ4n) is 2.45. The van der Waals surface area contributed by atoms with Gasteiger partial charge < -0.3 is 4.74 Å². The van der Waals surface area contributed by atoms with Gasteiger partial charge in [0.15, 0.2) is 0 Å². The first kappa shape index (κ1) is 15.7. The zero-order valence-electron chi connectivity index (χ0n) is 13.1. The van der Waals surface area contributed by atoms with Gasteiger partial charge in [-0.25, -0.2) is 4.39 Å². The Balaban J connectivity index is 2.08. The second-order valence-electron chi connectivity index (χ2n) is 5.15. The van der Waals surface area contributed by atoms with E-state index in [0.29, 0.717) is 17.1 Å². The molecule has 0 saturated heterocycles. The maximum absolute atomic E-state index is 14.1. The van der Waals surface area contributed by atoms with Gasteiger partial charge in [-0.15, -0.1) is 0 Å². The van der Waals surface area contributed by atoms with Crippen LogP contribution in [0.3, 0.4) is 0 Å². The van der Waals surface area contributed by atoms with Crippen molar-refractivity contribution in [3.63, 3.8) is 0 Å². The quantitative estimate of drug-likeness (QED) is 0.690. The predicted octanol–water partition coefficient (Wildman–Crippen LogP) is 4.81. The van der Waals surface area contributed by atoms with Crippen molar-refractivity contribution in [3.8, 4) is 5.75 Å². The van der Waals surface area contributed by atoms with Gasteiger partial charge in [0, 0.05) is 11.4 Å². The number of nitrogens with zero attached hydrogens (tertiary/aromatic N) is 1. The van der Waals surface area contributed by atoms with Crippen LogP contribution in [0.2, 0.25) is 0 Å². The molecule has 3 aromatic carbocycles. The Bertz CT molecular complexity index is 832. The lowest BCUT2D eigenvalue weighted by Crippen LogP contribution is -2.26. The number of hydrogen-bond donors (Lipinski definition) is 0. The maximum Gasteiger partial charge on any atom is 0.265 e. The van der Waals surface area contributed by atoms with Crippen molar-refractivity contribution in [2.75, 3.05) is 12.0 Å². The summed E-state index contributed by atoms with van der Waals surface area (Å²) in [7, 11) is 1.58. The molecule has 0 atom stereocenters. The normalized spacial score (nSPS) is 10.2. The molecule has 0 bridgehead atoms. The minimum absolute atomic E-state index is 0.0252. The third kappa shape index (κ3) is 3.13. The second-order valence-corrected chi connectivity index (χ2v) is 5.15. The van der Waals surface area contributed by atoms with Crippen LogP contribution in [-0.4, -0.2) is 13.0 Å². The third-order valence-electron chi connectivity index (χ3n) is 3.65. The number of rotatable bonds is 4. The molecule has 0 N–H and O–H groups in total. The van der Waals surface area contributed by atoms with Crippen LogP contribution in [0.4, 0.5) is 15.8 Å². The fourth-order valence-corrected chi connectivity index (χ4v) is 2.45. The molecule has 0 aliphatic carbocycles. The molecule has 0 heterocycles. The maximum atomic E-state index is 14.1. The molecule has 4 heteroatoms. The number of amides is 1. The molecule has 0 radical (unpaired) electrons. The summed E-state index contributed by atoms with van der Waals surface area (Å²) in [6, 6.07) is 22.2. The number of anilines is 2. The van der Waals surface area contributed by atoms with Gasteiger partial charge in [-0.05, 0) is 48.5 Å². The largest absolute Gasteiger partial charge is 0.497 e. The van der Waals surface area contributed by atoms with Crippen LogP contribution >= 0.6 is 0 Å². The Labute approximate surface area is 139 Å². The molecule has 0 fully saturated rings. The Hall–Kier alpha value is -3.14. The minimum atomic E-state index is -0.544. The number of benzene rings is 3. The number of carbonyl (C=O) groups excluding carboxylic acids is 1. The fraction of sp³-hybridized carbons (Fsp3) is 0.0500. The van der Waals surface area contributed by atoms with Gasteiger partial charge in [0.2, 0.25) is 0 Å². The molecule has 0 saturated carbocycles. The van der Waals surface area contributed by atoms with E-state index >= 15 is 0 Å². The Kier molecular flexibility index (Phi) is 4.57. The third-order valence-corrected chi connectivity index (χ3v) is 3.65. The van der Waals surface area contributed by atoms with E-state index in [2.05, 4.69) is 0 Å². The monoisotopic (exact) mass is 321 g/mol. The molecule has 120 valence electrons. The van der Waals surface area contributed by atoms with E-state index in [-0.39, 0.29) is 5.56 Å². The van der Waals surface area contributed by atoms with Gasteiger partial charge in [-0.1, -0.05) is 30.3 Å². The molecular weight excluding hydrogens is 305 g/mol. The van der Waals surface area contributed by atoms with Crippen molar-refractivity contribution in [3.05, 3.63) is 90.2 Å². The lowest BCUT2D eigenvalue weighted by Gasteiger charge is -2.23. The first-order valence-electron chi connectivity index (χ1n) is 7.49. The van der Waals surface area contributed by atoms with Gasteiger partial charge in [0.1, 0.15) is 11.6 Å². The van der Waals surface area contributed by atoms with Crippen LogP contribution in [0, 0.1) is 5.82 Å². The van der Waals surface area contributed by atoms with E-state index in [1.807, 2.05) is 30.3 Å². The lowest BCUT2D eigenvalue weighted by atomic mass is 10.1. The summed E-state index contributed by atoms with van der Waals surface area (Å²) >= 11 is 0. The zero-order valence-corrected chi connectivity index (χ0v) is 13.1. The Morgan fingerprint density at radius 3 is 2.04 bits per heavy atom. The number of halogens is 1. The molecule has 1 amide bonds. The van der Waals surface area contributed by atoms with Gasteiger partial charge in [0.25, 0.3) is 5.91 Å². The summed E-state index contributed by atoms with van der Waals surface area (Å²) in [6.07, 6.45) is 0. The Morgan fingerprint density at radius 1 is 0.833 bits per heavy atom. The van der Waals surface area contributed by atoms with Crippen molar-refractivity contribution in [1.82, 2.24) is 0 Å². The summed E-state index contributed by atoms with van der Waals surface area (Å²) in [4.78, 5) is 14.5. The zero-order chi connectivity index (χ0) is 16.9. The van der Waals surface area contributed by atoms with E-state index in [1.54, 1.807) is 43.5 Å². The van der Waals surface area contributed by atoms with Crippen LogP contribution in [0.15, 0.2) is 78.9 Å². The van der Waals surface area contributed by atoms with Crippen molar-refractivity contribution < 1.29 is 13.9 Å². The van der Waals surface area contributed by atoms with Crippen molar-refractivity contribution in [2.24, 2.45) is 0 Å². The molecule has 3 rings (SSSR count). The molecular formula is C20H16FNO2. The van der Waals surface area contributed by atoms with Crippen LogP contribution in [0.25, 0.3) is 0 Å². The van der Waals surface area contributed by atoms with Crippen LogP contribution in [0.5, 0.6) is 5.75 Å². The van der Waals surface area contributed by atoms with Gasteiger partial charge in [0.05, 0.1) is 12.7 Å². The minimum Gasteiger partial charge on any atom is -0.497 e. The lowest BCUT2D eigenvalue weighted by molar-refractivity contribution is 0.0995. The number of hydrogen-bond acceptors (Lipinski definition) is 2. The molecule has 0 aliphatic heterocycles. The average Bonchev–Trinajstić information content (AvgIpc) is 2.64. The van der Waals surface area contributed by atoms with Crippen molar-refractivity contribution >= 4 is 17.3 Å². The van der Waals surface area contributed by atoms with Crippen molar-refractivity contribution in [1.29, 1.82) is 0 Å². The van der Waals surface area contributed by atoms with Crippen LogP contribution < -0.4 is 9.64 Å². The summed E-state index contributed by atoms with van der Waals surface area (Å²) in [5.41, 5.74) is 1.32. The molecule has 0 aromatic heterocycles. The number of carbonyl (C=O) groups is 1. The molecule has 0 unspecified atom stereocenters. The molecule has 3 aromatic rings. The first-order valence-corrected chi connectivity index (χ1v) is 7.49. The van der Waals surface area contributed by atoms with Crippen molar-refractivity contribution in [2.45, 2.75) is 0 Å². The number of methoxy groups -OCH3 is 1. The van der Waals surface area contributed by atoms with Crippen LogP contribution in [0.1, 0.15) is 10.4 Å². The highest BCUT2D eigenvalue weighted by Gasteiger charge is 2.22. The van der Waals surface area contributed by atoms with Gasteiger partial charge in [-0.3, -0.25) is 9.69 Å². The predicted molar refractivity (Wildman–Crippen MR) is 92.3 cm³/mol. The van der Waals surface area contributed by atoms with Crippen LogP contribution in [-0.2, 0) is 0 Å². The molecule has 24 heavy (non-hydrogen) atoms.